The first-order valence-electron chi connectivity index (χ1n) is 7.89. The van der Waals surface area contributed by atoms with E-state index in [0.29, 0.717) is 6.54 Å². The summed E-state index contributed by atoms with van der Waals surface area (Å²) in [6.07, 6.45) is 1.98. The van der Waals surface area contributed by atoms with Crippen molar-refractivity contribution in [1.82, 2.24) is 4.90 Å². The SMILES string of the molecule is CSc1ccc(CN(C)C(=O)COC(=O)c2ccc([N+](=O)[O-])cc2N)cc1. The van der Waals surface area contributed by atoms with Gasteiger partial charge in [-0.25, -0.2) is 4.79 Å². The minimum atomic E-state index is -0.812. The standard InChI is InChI=1S/C18H19N3O5S/c1-20(10-12-3-6-14(27-2)7-4-12)17(22)11-26-18(23)15-8-5-13(21(24)25)9-16(15)19/h3-9H,10-11,19H2,1-2H3. The Kier molecular flexibility index (Phi) is 6.78. The Labute approximate surface area is 160 Å². The first kappa shape index (κ1) is 20.2. The maximum absolute atomic E-state index is 12.2. The number of rotatable bonds is 7. The zero-order valence-corrected chi connectivity index (χ0v) is 15.7. The molecule has 0 bridgehead atoms. The van der Waals surface area contributed by atoms with Crippen LogP contribution in [0.2, 0.25) is 0 Å². The number of nitrogens with zero attached hydrogens (tertiary/aromatic N) is 2. The lowest BCUT2D eigenvalue weighted by atomic mass is 10.1. The van der Waals surface area contributed by atoms with Gasteiger partial charge in [-0.3, -0.25) is 14.9 Å². The van der Waals surface area contributed by atoms with Crippen LogP contribution in [-0.4, -0.2) is 41.6 Å². The summed E-state index contributed by atoms with van der Waals surface area (Å²) in [6.45, 7) is -0.0701. The topological polar surface area (TPSA) is 116 Å². The minimum absolute atomic E-state index is 0.0243. The van der Waals surface area contributed by atoms with E-state index in [0.717, 1.165) is 22.6 Å². The molecule has 0 saturated heterocycles. The van der Waals surface area contributed by atoms with Gasteiger partial charge >= 0.3 is 5.97 Å². The van der Waals surface area contributed by atoms with Crippen molar-refractivity contribution in [3.8, 4) is 0 Å². The van der Waals surface area contributed by atoms with Gasteiger partial charge in [0, 0.05) is 30.6 Å². The van der Waals surface area contributed by atoms with Crippen molar-refractivity contribution in [2.45, 2.75) is 11.4 Å². The van der Waals surface area contributed by atoms with Crippen molar-refractivity contribution >= 4 is 35.0 Å². The number of esters is 1. The third-order valence-corrected chi connectivity index (χ3v) is 4.54. The molecule has 27 heavy (non-hydrogen) atoms. The summed E-state index contributed by atoms with van der Waals surface area (Å²) < 4.78 is 4.98. The predicted molar refractivity (Wildman–Crippen MR) is 102 cm³/mol. The molecule has 2 aromatic carbocycles. The number of amides is 1. The number of anilines is 1. The highest BCUT2D eigenvalue weighted by Crippen LogP contribution is 2.20. The lowest BCUT2D eigenvalue weighted by Crippen LogP contribution is -2.30. The van der Waals surface area contributed by atoms with Crippen LogP contribution in [0, 0.1) is 10.1 Å². The van der Waals surface area contributed by atoms with Gasteiger partial charge in [0.2, 0.25) is 0 Å². The number of likely N-dealkylation sites (N-methyl/N-ethyl adjacent to an activating group) is 1. The maximum atomic E-state index is 12.2. The molecule has 0 atom stereocenters. The molecule has 0 fully saturated rings. The molecule has 2 aromatic rings. The smallest absolute Gasteiger partial charge is 0.340 e. The summed E-state index contributed by atoms with van der Waals surface area (Å²) in [5, 5.41) is 10.7. The number of benzene rings is 2. The fraction of sp³-hybridized carbons (Fsp3) is 0.222. The molecule has 0 heterocycles. The molecule has 2 N–H and O–H groups in total. The van der Waals surface area contributed by atoms with E-state index in [4.69, 9.17) is 10.5 Å². The van der Waals surface area contributed by atoms with E-state index in [9.17, 15) is 19.7 Å². The number of carbonyl (C=O) groups excluding carboxylic acids is 2. The number of non-ortho nitro benzene ring substituents is 1. The number of nitrogens with two attached hydrogens (primary N) is 1. The van der Waals surface area contributed by atoms with Gasteiger partial charge in [-0.15, -0.1) is 11.8 Å². The fourth-order valence-corrected chi connectivity index (χ4v) is 2.67. The third-order valence-electron chi connectivity index (χ3n) is 3.80. The Morgan fingerprint density at radius 3 is 2.44 bits per heavy atom. The van der Waals surface area contributed by atoms with Crippen molar-refractivity contribution in [2.75, 3.05) is 25.6 Å². The van der Waals surface area contributed by atoms with Crippen LogP contribution in [0.5, 0.6) is 0 Å². The molecular formula is C18H19N3O5S. The molecule has 2 rings (SSSR count). The Hall–Kier alpha value is -3.07. The van der Waals surface area contributed by atoms with Gasteiger partial charge in [0.05, 0.1) is 16.2 Å². The number of nitro benzene ring substituents is 1. The van der Waals surface area contributed by atoms with E-state index in [1.54, 1.807) is 18.8 Å². The first-order valence-corrected chi connectivity index (χ1v) is 9.12. The van der Waals surface area contributed by atoms with Crippen molar-refractivity contribution < 1.29 is 19.2 Å². The predicted octanol–water partition coefficient (Wildman–Crippen LogP) is 2.71. The molecule has 0 unspecified atom stereocenters. The second-order valence-corrected chi connectivity index (χ2v) is 6.58. The van der Waals surface area contributed by atoms with Crippen LogP contribution in [0.1, 0.15) is 15.9 Å². The van der Waals surface area contributed by atoms with Gasteiger partial charge in [0.25, 0.3) is 11.6 Å². The lowest BCUT2D eigenvalue weighted by molar-refractivity contribution is -0.384. The molecule has 0 spiro atoms. The molecule has 0 radical (unpaired) electrons. The van der Waals surface area contributed by atoms with Gasteiger partial charge < -0.3 is 15.4 Å². The molecule has 0 aromatic heterocycles. The van der Waals surface area contributed by atoms with Crippen LogP contribution in [0.25, 0.3) is 0 Å². The second kappa shape index (κ2) is 9.04. The monoisotopic (exact) mass is 389 g/mol. The van der Waals surface area contributed by atoms with Crippen LogP contribution >= 0.6 is 11.8 Å². The molecule has 0 aliphatic heterocycles. The number of carbonyl (C=O) groups is 2. The summed E-state index contributed by atoms with van der Waals surface area (Å²) >= 11 is 1.63. The second-order valence-electron chi connectivity index (χ2n) is 5.70. The van der Waals surface area contributed by atoms with E-state index in [1.807, 2.05) is 30.5 Å². The molecule has 0 saturated carbocycles. The number of ether oxygens (including phenoxy) is 1. The van der Waals surface area contributed by atoms with Gasteiger partial charge in [0.1, 0.15) is 0 Å². The average Bonchev–Trinajstić information content (AvgIpc) is 2.66. The summed E-state index contributed by atoms with van der Waals surface area (Å²) in [4.78, 5) is 36.9. The van der Waals surface area contributed by atoms with Crippen molar-refractivity contribution in [1.29, 1.82) is 0 Å². The third kappa shape index (κ3) is 5.45. The first-order chi connectivity index (χ1) is 12.8. The number of thioether (sulfide) groups is 1. The molecule has 142 valence electrons. The van der Waals surface area contributed by atoms with Crippen molar-refractivity contribution in [2.24, 2.45) is 0 Å². The zero-order chi connectivity index (χ0) is 20.0. The Balaban J connectivity index is 1.91. The number of nitrogen functional groups attached to an aromatic ring is 1. The fourth-order valence-electron chi connectivity index (χ4n) is 2.26. The lowest BCUT2D eigenvalue weighted by Gasteiger charge is -2.17. The van der Waals surface area contributed by atoms with Crippen molar-refractivity contribution in [3.05, 3.63) is 63.7 Å². The van der Waals surface area contributed by atoms with E-state index in [-0.39, 0.29) is 22.8 Å². The van der Waals surface area contributed by atoms with Crippen molar-refractivity contribution in [3.63, 3.8) is 0 Å². The normalized spacial score (nSPS) is 10.3. The van der Waals surface area contributed by atoms with Gasteiger partial charge in [-0.2, -0.15) is 0 Å². The zero-order valence-electron chi connectivity index (χ0n) is 14.9. The van der Waals surface area contributed by atoms with Crippen LogP contribution in [-0.2, 0) is 16.1 Å². The quantitative estimate of drug-likeness (QED) is 0.254. The molecule has 1 amide bonds. The Morgan fingerprint density at radius 2 is 1.89 bits per heavy atom. The molecule has 0 aliphatic carbocycles. The largest absolute Gasteiger partial charge is 0.452 e. The summed E-state index contributed by atoms with van der Waals surface area (Å²) in [5.74, 6) is -1.19. The molecular weight excluding hydrogens is 370 g/mol. The molecule has 8 nitrogen and oxygen atoms in total. The van der Waals surface area contributed by atoms with E-state index < -0.39 is 17.5 Å². The average molecular weight is 389 g/mol. The highest BCUT2D eigenvalue weighted by atomic mass is 32.2. The highest BCUT2D eigenvalue weighted by molar-refractivity contribution is 7.98. The van der Waals surface area contributed by atoms with Crippen LogP contribution in [0.4, 0.5) is 11.4 Å². The van der Waals surface area contributed by atoms with Gasteiger partial charge in [-0.1, -0.05) is 12.1 Å². The number of hydrogen-bond acceptors (Lipinski definition) is 7. The minimum Gasteiger partial charge on any atom is -0.452 e. The summed E-state index contributed by atoms with van der Waals surface area (Å²) in [5.41, 5.74) is 6.27. The molecule has 0 aliphatic rings. The highest BCUT2D eigenvalue weighted by Gasteiger charge is 2.18. The Morgan fingerprint density at radius 1 is 1.22 bits per heavy atom. The Bertz CT molecular complexity index is 855. The van der Waals surface area contributed by atoms with Crippen LogP contribution < -0.4 is 5.73 Å². The van der Waals surface area contributed by atoms with E-state index in [2.05, 4.69) is 0 Å². The van der Waals surface area contributed by atoms with Crippen LogP contribution in [0.15, 0.2) is 47.4 Å². The number of hydrogen-bond donors (Lipinski definition) is 1. The summed E-state index contributed by atoms with van der Waals surface area (Å²) in [6, 6.07) is 11.2. The van der Waals surface area contributed by atoms with E-state index >= 15 is 0 Å². The van der Waals surface area contributed by atoms with Gasteiger partial charge in [0.15, 0.2) is 6.61 Å². The summed E-state index contributed by atoms with van der Waals surface area (Å²) in [7, 11) is 1.61. The maximum Gasteiger partial charge on any atom is 0.340 e. The molecule has 9 heteroatoms. The van der Waals surface area contributed by atoms with E-state index in [1.165, 1.54) is 11.0 Å². The number of nitro groups is 1. The van der Waals surface area contributed by atoms with Gasteiger partial charge in [-0.05, 0) is 30.0 Å². The van der Waals surface area contributed by atoms with Crippen LogP contribution in [0.3, 0.4) is 0 Å².